The zero-order valence-corrected chi connectivity index (χ0v) is 11.1. The van der Waals surface area contributed by atoms with E-state index in [0.29, 0.717) is 11.6 Å². The van der Waals surface area contributed by atoms with Gasteiger partial charge < -0.3 is 10.5 Å². The first-order chi connectivity index (χ1) is 8.86. The largest absolute Gasteiger partial charge is 0.436 e. The van der Waals surface area contributed by atoms with Gasteiger partial charge in [-0.05, 0) is 12.1 Å². The first kappa shape index (κ1) is 13.3. The van der Waals surface area contributed by atoms with Crippen molar-refractivity contribution in [3.63, 3.8) is 0 Å². The molecule has 0 fully saturated rings. The Morgan fingerprint density at radius 1 is 1.16 bits per heavy atom. The Bertz CT molecular complexity index is 593. The van der Waals surface area contributed by atoms with Crippen molar-refractivity contribution in [1.29, 1.82) is 0 Å². The Kier molecular flexibility index (Phi) is 3.38. The summed E-state index contributed by atoms with van der Waals surface area (Å²) in [5, 5.41) is 0. The number of aromatic nitrogens is 2. The first-order valence-corrected chi connectivity index (χ1v) is 5.94. The van der Waals surface area contributed by atoms with Crippen molar-refractivity contribution in [3.8, 4) is 11.6 Å². The van der Waals surface area contributed by atoms with Crippen molar-refractivity contribution in [2.24, 2.45) is 0 Å². The maximum atomic E-state index is 13.5. The smallest absolute Gasteiger partial charge is 0.224 e. The number of nitrogens with zero attached hydrogens (tertiary/aromatic N) is 2. The SMILES string of the molecule is CC(C)(C)c1nc(N)cc(Oc2ccccc2F)n1. The third-order valence-corrected chi connectivity index (χ3v) is 2.44. The monoisotopic (exact) mass is 261 g/mol. The van der Waals surface area contributed by atoms with Gasteiger partial charge in [-0.1, -0.05) is 32.9 Å². The van der Waals surface area contributed by atoms with Crippen molar-refractivity contribution >= 4 is 5.82 Å². The van der Waals surface area contributed by atoms with E-state index in [1.54, 1.807) is 12.1 Å². The van der Waals surface area contributed by atoms with Crippen LogP contribution in [0.15, 0.2) is 30.3 Å². The summed E-state index contributed by atoms with van der Waals surface area (Å²) in [5.74, 6) is 0.755. The van der Waals surface area contributed by atoms with Gasteiger partial charge in [0.2, 0.25) is 5.88 Å². The number of nitrogen functional groups attached to an aromatic ring is 1. The van der Waals surface area contributed by atoms with Crippen molar-refractivity contribution < 1.29 is 9.13 Å². The quantitative estimate of drug-likeness (QED) is 0.901. The lowest BCUT2D eigenvalue weighted by Gasteiger charge is -2.17. The molecule has 1 aromatic heterocycles. The maximum absolute atomic E-state index is 13.5. The van der Waals surface area contributed by atoms with Gasteiger partial charge in [-0.15, -0.1) is 0 Å². The molecule has 1 heterocycles. The fourth-order valence-electron chi connectivity index (χ4n) is 1.47. The molecule has 0 aliphatic rings. The Labute approximate surface area is 111 Å². The van der Waals surface area contributed by atoms with Crippen molar-refractivity contribution in [2.75, 3.05) is 5.73 Å². The van der Waals surface area contributed by atoms with Gasteiger partial charge in [0.05, 0.1) is 0 Å². The highest BCUT2D eigenvalue weighted by molar-refractivity contribution is 5.37. The third kappa shape index (κ3) is 3.19. The van der Waals surface area contributed by atoms with Crippen LogP contribution in [-0.4, -0.2) is 9.97 Å². The molecular formula is C14H16FN3O. The second kappa shape index (κ2) is 4.84. The average Bonchev–Trinajstić information content (AvgIpc) is 2.30. The number of para-hydroxylation sites is 1. The number of rotatable bonds is 2. The molecular weight excluding hydrogens is 245 g/mol. The molecule has 2 N–H and O–H groups in total. The molecule has 0 bridgehead atoms. The van der Waals surface area contributed by atoms with Gasteiger partial charge in [-0.2, -0.15) is 4.98 Å². The van der Waals surface area contributed by atoms with Crippen LogP contribution in [0.2, 0.25) is 0 Å². The highest BCUT2D eigenvalue weighted by Gasteiger charge is 2.19. The van der Waals surface area contributed by atoms with E-state index in [-0.39, 0.29) is 17.0 Å². The Hall–Kier alpha value is -2.17. The van der Waals surface area contributed by atoms with E-state index in [1.807, 2.05) is 20.8 Å². The van der Waals surface area contributed by atoms with E-state index >= 15 is 0 Å². The molecule has 0 aliphatic carbocycles. The summed E-state index contributed by atoms with van der Waals surface area (Å²) in [4.78, 5) is 8.42. The number of hydrogen-bond acceptors (Lipinski definition) is 4. The fraction of sp³-hybridized carbons (Fsp3) is 0.286. The maximum Gasteiger partial charge on any atom is 0.224 e. The standard InChI is InChI=1S/C14H16FN3O/c1-14(2,3)13-17-11(16)8-12(18-13)19-10-7-5-4-6-9(10)15/h4-8H,1-3H3,(H2,16,17,18). The third-order valence-electron chi connectivity index (χ3n) is 2.44. The van der Waals surface area contributed by atoms with Gasteiger partial charge >= 0.3 is 0 Å². The fourth-order valence-corrected chi connectivity index (χ4v) is 1.47. The van der Waals surface area contributed by atoms with E-state index in [1.165, 1.54) is 18.2 Å². The first-order valence-electron chi connectivity index (χ1n) is 5.94. The average molecular weight is 261 g/mol. The lowest BCUT2D eigenvalue weighted by molar-refractivity contribution is 0.418. The van der Waals surface area contributed by atoms with Crippen LogP contribution < -0.4 is 10.5 Å². The zero-order valence-electron chi connectivity index (χ0n) is 11.1. The normalized spacial score (nSPS) is 11.4. The number of anilines is 1. The number of nitrogens with two attached hydrogens (primary N) is 1. The summed E-state index contributed by atoms with van der Waals surface area (Å²) in [6.45, 7) is 5.90. The summed E-state index contributed by atoms with van der Waals surface area (Å²) in [6.07, 6.45) is 0. The van der Waals surface area contributed by atoms with Crippen molar-refractivity contribution in [1.82, 2.24) is 9.97 Å². The number of halogens is 1. The Balaban J connectivity index is 2.36. The van der Waals surface area contributed by atoms with Crippen LogP contribution in [0.1, 0.15) is 26.6 Å². The molecule has 0 saturated carbocycles. The minimum Gasteiger partial charge on any atom is -0.436 e. The van der Waals surface area contributed by atoms with Crippen LogP contribution in [0, 0.1) is 5.82 Å². The van der Waals surface area contributed by atoms with Gasteiger partial charge in [-0.25, -0.2) is 9.37 Å². The molecule has 2 aromatic rings. The predicted octanol–water partition coefficient (Wildman–Crippen LogP) is 3.29. The molecule has 19 heavy (non-hydrogen) atoms. The van der Waals surface area contributed by atoms with E-state index < -0.39 is 5.82 Å². The highest BCUT2D eigenvalue weighted by atomic mass is 19.1. The second-order valence-electron chi connectivity index (χ2n) is 5.24. The van der Waals surface area contributed by atoms with Crippen molar-refractivity contribution in [2.45, 2.75) is 26.2 Å². The summed E-state index contributed by atoms with van der Waals surface area (Å²) >= 11 is 0. The van der Waals surface area contributed by atoms with E-state index in [0.717, 1.165) is 0 Å². The minimum atomic E-state index is -0.447. The molecule has 0 spiro atoms. The molecule has 0 atom stereocenters. The van der Waals surface area contributed by atoms with Gasteiger partial charge in [-0.3, -0.25) is 0 Å². The minimum absolute atomic E-state index is 0.112. The lowest BCUT2D eigenvalue weighted by Crippen LogP contribution is -2.17. The van der Waals surface area contributed by atoms with E-state index in [4.69, 9.17) is 10.5 Å². The molecule has 0 saturated heterocycles. The van der Waals surface area contributed by atoms with Gasteiger partial charge in [0.15, 0.2) is 11.6 Å². The molecule has 1 aromatic carbocycles. The molecule has 0 unspecified atom stereocenters. The van der Waals surface area contributed by atoms with E-state index in [9.17, 15) is 4.39 Å². The zero-order chi connectivity index (χ0) is 14.0. The topological polar surface area (TPSA) is 61.0 Å². The number of benzene rings is 1. The van der Waals surface area contributed by atoms with Crippen LogP contribution in [0.3, 0.4) is 0 Å². The molecule has 2 rings (SSSR count). The second-order valence-corrected chi connectivity index (χ2v) is 5.24. The summed E-state index contributed by atoms with van der Waals surface area (Å²) in [7, 11) is 0. The Morgan fingerprint density at radius 3 is 2.47 bits per heavy atom. The molecule has 4 nitrogen and oxygen atoms in total. The molecule has 5 heteroatoms. The summed E-state index contributed by atoms with van der Waals surface area (Å²) in [6, 6.07) is 7.61. The van der Waals surface area contributed by atoms with E-state index in [2.05, 4.69) is 9.97 Å². The lowest BCUT2D eigenvalue weighted by atomic mass is 9.96. The highest BCUT2D eigenvalue weighted by Crippen LogP contribution is 2.26. The van der Waals surface area contributed by atoms with Crippen LogP contribution in [0.25, 0.3) is 0 Å². The number of hydrogen-bond donors (Lipinski definition) is 1. The summed E-state index contributed by atoms with van der Waals surface area (Å²) < 4.78 is 18.9. The van der Waals surface area contributed by atoms with Crippen molar-refractivity contribution in [3.05, 3.63) is 42.0 Å². The van der Waals surface area contributed by atoms with Gasteiger partial charge in [0.25, 0.3) is 0 Å². The van der Waals surface area contributed by atoms with Crippen LogP contribution >= 0.6 is 0 Å². The van der Waals surface area contributed by atoms with Gasteiger partial charge in [0, 0.05) is 11.5 Å². The molecule has 100 valence electrons. The molecule has 0 aliphatic heterocycles. The number of ether oxygens (including phenoxy) is 1. The van der Waals surface area contributed by atoms with Crippen LogP contribution in [-0.2, 0) is 5.41 Å². The molecule has 0 radical (unpaired) electrons. The Morgan fingerprint density at radius 2 is 1.84 bits per heavy atom. The summed E-state index contributed by atoms with van der Waals surface area (Å²) in [5.41, 5.74) is 5.46. The van der Waals surface area contributed by atoms with Crippen LogP contribution in [0.5, 0.6) is 11.6 Å². The van der Waals surface area contributed by atoms with Gasteiger partial charge in [0.1, 0.15) is 11.6 Å². The van der Waals surface area contributed by atoms with Crippen LogP contribution in [0.4, 0.5) is 10.2 Å². The molecule has 0 amide bonds. The predicted molar refractivity (Wildman–Crippen MR) is 71.6 cm³/mol.